The first-order valence-electron chi connectivity index (χ1n) is 8.64. The molecule has 2 fully saturated rings. The van der Waals surface area contributed by atoms with Gasteiger partial charge in [-0.25, -0.2) is 0 Å². The lowest BCUT2D eigenvalue weighted by Gasteiger charge is -2.34. The van der Waals surface area contributed by atoms with Gasteiger partial charge in [0.1, 0.15) is 0 Å². The quantitative estimate of drug-likeness (QED) is 0.405. The summed E-state index contributed by atoms with van der Waals surface area (Å²) >= 11 is 2.12. The van der Waals surface area contributed by atoms with Gasteiger partial charge in [-0.15, -0.1) is 24.0 Å². The van der Waals surface area contributed by atoms with E-state index in [1.54, 1.807) is 0 Å². The molecule has 6 heteroatoms. The minimum absolute atomic E-state index is 0. The first-order valence-corrected chi connectivity index (χ1v) is 9.68. The molecule has 2 saturated heterocycles. The number of thioether (sulfide) groups is 1. The lowest BCUT2D eigenvalue weighted by Crippen LogP contribution is -2.48. The Balaban J connectivity index is 0.00000242. The van der Waals surface area contributed by atoms with Gasteiger partial charge in [-0.05, 0) is 38.8 Å². The van der Waals surface area contributed by atoms with E-state index in [0.717, 1.165) is 43.3 Å². The van der Waals surface area contributed by atoms with Crippen LogP contribution in [0.3, 0.4) is 0 Å². The van der Waals surface area contributed by atoms with Gasteiger partial charge in [0.15, 0.2) is 5.96 Å². The van der Waals surface area contributed by atoms with Crippen LogP contribution >= 0.6 is 35.7 Å². The summed E-state index contributed by atoms with van der Waals surface area (Å²) in [4.78, 5) is 9.96. The van der Waals surface area contributed by atoms with Crippen molar-refractivity contribution in [3.8, 4) is 0 Å². The first kappa shape index (κ1) is 20.4. The SMILES string of the molecule is CCNC(=NCC1CCN(CC)C1)N1CCSC(CC)C1.I. The third-order valence-electron chi connectivity index (χ3n) is 4.54. The second-order valence-corrected chi connectivity index (χ2v) is 7.50. The van der Waals surface area contributed by atoms with Gasteiger partial charge < -0.3 is 15.1 Å². The van der Waals surface area contributed by atoms with Crippen molar-refractivity contribution in [1.29, 1.82) is 0 Å². The standard InChI is InChI=1S/C16H32N4S.HI/c1-4-15-13-20(9-10-21-15)16(17-5-2)18-11-14-7-8-19(6-3)12-14;/h14-15H,4-13H2,1-3H3,(H,17,18);1H. The van der Waals surface area contributed by atoms with Crippen molar-refractivity contribution in [2.24, 2.45) is 10.9 Å². The normalized spacial score (nSPS) is 26.9. The van der Waals surface area contributed by atoms with Crippen molar-refractivity contribution in [3.05, 3.63) is 0 Å². The van der Waals surface area contributed by atoms with Crippen LogP contribution in [0.5, 0.6) is 0 Å². The second kappa shape index (κ2) is 11.0. The molecule has 2 atom stereocenters. The maximum atomic E-state index is 4.95. The van der Waals surface area contributed by atoms with Crippen LogP contribution < -0.4 is 5.32 Å². The summed E-state index contributed by atoms with van der Waals surface area (Å²) in [5.41, 5.74) is 0. The molecule has 0 aromatic heterocycles. The number of halogens is 1. The molecule has 0 aromatic rings. The summed E-state index contributed by atoms with van der Waals surface area (Å²) in [6.45, 7) is 14.6. The van der Waals surface area contributed by atoms with Crippen molar-refractivity contribution in [1.82, 2.24) is 15.1 Å². The Morgan fingerprint density at radius 2 is 2.05 bits per heavy atom. The summed E-state index contributed by atoms with van der Waals surface area (Å²) in [5.74, 6) is 3.13. The second-order valence-electron chi connectivity index (χ2n) is 6.09. The third-order valence-corrected chi connectivity index (χ3v) is 5.92. The van der Waals surface area contributed by atoms with Gasteiger partial charge in [-0.2, -0.15) is 11.8 Å². The number of nitrogens with one attached hydrogen (secondary N) is 1. The third kappa shape index (κ3) is 6.07. The van der Waals surface area contributed by atoms with Crippen LogP contribution in [0.2, 0.25) is 0 Å². The molecule has 22 heavy (non-hydrogen) atoms. The number of hydrogen-bond donors (Lipinski definition) is 1. The van der Waals surface area contributed by atoms with Gasteiger partial charge >= 0.3 is 0 Å². The highest BCUT2D eigenvalue weighted by molar-refractivity contribution is 14.0. The Morgan fingerprint density at radius 1 is 1.23 bits per heavy atom. The number of hydrogen-bond acceptors (Lipinski definition) is 3. The predicted molar refractivity (Wildman–Crippen MR) is 110 cm³/mol. The van der Waals surface area contributed by atoms with E-state index in [2.05, 4.69) is 47.6 Å². The van der Waals surface area contributed by atoms with Crippen molar-refractivity contribution in [2.75, 3.05) is 51.6 Å². The molecule has 2 heterocycles. The Hall–Kier alpha value is 0.310. The average Bonchev–Trinajstić information content (AvgIpc) is 2.99. The average molecular weight is 440 g/mol. The van der Waals surface area contributed by atoms with Crippen LogP contribution in [0, 0.1) is 5.92 Å². The van der Waals surface area contributed by atoms with Crippen molar-refractivity contribution >= 4 is 41.7 Å². The van der Waals surface area contributed by atoms with Gasteiger partial charge in [-0.3, -0.25) is 4.99 Å². The van der Waals surface area contributed by atoms with Crippen molar-refractivity contribution in [2.45, 2.75) is 38.9 Å². The predicted octanol–water partition coefficient (Wildman–Crippen LogP) is 2.74. The van der Waals surface area contributed by atoms with Crippen LogP contribution in [0.25, 0.3) is 0 Å². The van der Waals surface area contributed by atoms with Gasteiger partial charge in [0, 0.05) is 43.7 Å². The molecular formula is C16H33IN4S. The monoisotopic (exact) mass is 440 g/mol. The molecule has 4 nitrogen and oxygen atoms in total. The van der Waals surface area contributed by atoms with E-state index in [0.29, 0.717) is 0 Å². The van der Waals surface area contributed by atoms with Crippen LogP contribution in [-0.2, 0) is 0 Å². The Morgan fingerprint density at radius 3 is 2.68 bits per heavy atom. The highest BCUT2D eigenvalue weighted by Crippen LogP contribution is 2.21. The summed E-state index contributed by atoms with van der Waals surface area (Å²) in [6, 6.07) is 0. The summed E-state index contributed by atoms with van der Waals surface area (Å²) < 4.78 is 0. The molecule has 0 aliphatic carbocycles. The highest BCUT2D eigenvalue weighted by atomic mass is 127. The Kier molecular flexibility index (Phi) is 10.1. The molecular weight excluding hydrogens is 407 g/mol. The lowest BCUT2D eigenvalue weighted by molar-refractivity contribution is 0.343. The maximum absolute atomic E-state index is 4.95. The minimum atomic E-state index is 0. The number of nitrogens with zero attached hydrogens (tertiary/aromatic N) is 3. The summed E-state index contributed by atoms with van der Waals surface area (Å²) in [6.07, 6.45) is 2.57. The summed E-state index contributed by atoms with van der Waals surface area (Å²) in [7, 11) is 0. The largest absolute Gasteiger partial charge is 0.357 e. The fourth-order valence-corrected chi connectivity index (χ4v) is 4.33. The van der Waals surface area contributed by atoms with E-state index in [1.165, 1.54) is 38.2 Å². The first-order chi connectivity index (χ1) is 10.3. The fourth-order valence-electron chi connectivity index (χ4n) is 3.15. The molecule has 0 aromatic carbocycles. The van der Waals surface area contributed by atoms with E-state index in [-0.39, 0.29) is 24.0 Å². The zero-order chi connectivity index (χ0) is 15.1. The number of rotatable bonds is 5. The van der Waals surface area contributed by atoms with E-state index in [1.807, 2.05) is 0 Å². The van der Waals surface area contributed by atoms with Crippen LogP contribution in [0.1, 0.15) is 33.6 Å². The van der Waals surface area contributed by atoms with Gasteiger partial charge in [0.2, 0.25) is 0 Å². The molecule has 0 bridgehead atoms. The molecule has 2 aliphatic rings. The molecule has 0 amide bonds. The number of guanidine groups is 1. The van der Waals surface area contributed by atoms with Crippen LogP contribution in [-0.4, -0.2) is 72.6 Å². The van der Waals surface area contributed by atoms with Crippen molar-refractivity contribution in [3.63, 3.8) is 0 Å². The molecule has 1 N–H and O–H groups in total. The molecule has 0 saturated carbocycles. The van der Waals surface area contributed by atoms with Gasteiger partial charge in [0.25, 0.3) is 0 Å². The van der Waals surface area contributed by atoms with Crippen LogP contribution in [0.4, 0.5) is 0 Å². The lowest BCUT2D eigenvalue weighted by atomic mass is 10.1. The molecule has 0 radical (unpaired) electrons. The van der Waals surface area contributed by atoms with E-state index in [4.69, 9.17) is 4.99 Å². The zero-order valence-corrected chi connectivity index (χ0v) is 17.5. The summed E-state index contributed by atoms with van der Waals surface area (Å²) in [5, 5.41) is 4.27. The Labute approximate surface area is 157 Å². The molecule has 2 rings (SSSR count). The van der Waals surface area contributed by atoms with Gasteiger partial charge in [0.05, 0.1) is 0 Å². The maximum Gasteiger partial charge on any atom is 0.193 e. The zero-order valence-electron chi connectivity index (χ0n) is 14.4. The molecule has 2 unspecified atom stereocenters. The van der Waals surface area contributed by atoms with E-state index < -0.39 is 0 Å². The molecule has 0 spiro atoms. The Bertz CT molecular complexity index is 340. The molecule has 2 aliphatic heterocycles. The highest BCUT2D eigenvalue weighted by Gasteiger charge is 2.23. The molecule has 130 valence electrons. The topological polar surface area (TPSA) is 30.9 Å². The number of likely N-dealkylation sites (tertiary alicyclic amines) is 1. The fraction of sp³-hybridized carbons (Fsp3) is 0.938. The van der Waals surface area contributed by atoms with Crippen LogP contribution in [0.15, 0.2) is 4.99 Å². The smallest absolute Gasteiger partial charge is 0.193 e. The van der Waals surface area contributed by atoms with E-state index >= 15 is 0 Å². The van der Waals surface area contributed by atoms with E-state index in [9.17, 15) is 0 Å². The minimum Gasteiger partial charge on any atom is -0.357 e. The van der Waals surface area contributed by atoms with Gasteiger partial charge in [-0.1, -0.05) is 13.8 Å². The van der Waals surface area contributed by atoms with Crippen molar-refractivity contribution < 1.29 is 0 Å². The number of aliphatic imine (C=N–C) groups is 1.